The summed E-state index contributed by atoms with van der Waals surface area (Å²) in [6, 6.07) is -11.8. The fraction of sp³-hybridized carbons (Fsp3) is 0.690. The third-order valence-corrected chi connectivity index (χ3v) is 10.4. The van der Waals surface area contributed by atoms with E-state index in [9.17, 15) is 68.1 Å². The Hall–Kier alpha value is -6.98. The van der Waals surface area contributed by atoms with Crippen LogP contribution in [0.25, 0.3) is 0 Å². The van der Waals surface area contributed by atoms with Gasteiger partial charge in [0.05, 0.1) is 25.4 Å². The molecule has 0 rings (SSSR count). The number of nitrogens with two attached hydrogens (primary N) is 5. The Morgan fingerprint density at radius 1 is 0.500 bits per heavy atom. The second kappa shape index (κ2) is 33.6. The Bertz CT molecular complexity index is 1950. The van der Waals surface area contributed by atoms with E-state index < -0.39 is 139 Å². The minimum Gasteiger partial charge on any atom is -0.481 e. The summed E-state index contributed by atoms with van der Waals surface area (Å²) in [6.07, 6.45) is -1.49. The van der Waals surface area contributed by atoms with Crippen LogP contribution in [0.2, 0.25) is 0 Å². The van der Waals surface area contributed by atoms with Gasteiger partial charge in [0.2, 0.25) is 47.3 Å². The lowest BCUT2D eigenvalue weighted by Gasteiger charge is -2.27. The van der Waals surface area contributed by atoms with E-state index in [0.717, 1.165) is 0 Å². The van der Waals surface area contributed by atoms with Crippen LogP contribution in [-0.4, -0.2) is 166 Å². The molecule has 72 heavy (non-hydrogen) atoms. The largest absolute Gasteiger partial charge is 0.481 e. The number of hydrogen-bond acceptors (Lipinski definition) is 15. The van der Waals surface area contributed by atoms with E-state index in [1.807, 2.05) is 0 Å². The first-order chi connectivity index (χ1) is 33.5. The Morgan fingerprint density at radius 3 is 1.32 bits per heavy atom. The molecule has 0 saturated carbocycles. The van der Waals surface area contributed by atoms with E-state index in [-0.39, 0.29) is 74.7 Å². The highest BCUT2D eigenvalue weighted by Crippen LogP contribution is 2.10. The lowest BCUT2D eigenvalue weighted by molar-refractivity contribution is -0.145. The van der Waals surface area contributed by atoms with Crippen LogP contribution in [0.15, 0.2) is 9.98 Å². The van der Waals surface area contributed by atoms with Gasteiger partial charge in [-0.1, -0.05) is 41.5 Å². The van der Waals surface area contributed by atoms with Gasteiger partial charge >= 0.3 is 17.9 Å². The van der Waals surface area contributed by atoms with Crippen LogP contribution < -0.4 is 71.2 Å². The van der Waals surface area contributed by atoms with Gasteiger partial charge in [-0.05, 0) is 56.3 Å². The van der Waals surface area contributed by atoms with Crippen molar-refractivity contribution < 1.29 is 68.1 Å². The number of hydrogen-bond donors (Lipinski definition) is 17. The lowest BCUT2D eigenvalue weighted by Crippen LogP contribution is -2.60. The van der Waals surface area contributed by atoms with Crippen molar-refractivity contribution in [1.29, 1.82) is 0 Å². The summed E-state index contributed by atoms with van der Waals surface area (Å²) < 4.78 is 0. The number of carbonyl (C=O) groups is 11. The Balaban J connectivity index is 6.28. The zero-order chi connectivity index (χ0) is 55.4. The van der Waals surface area contributed by atoms with Gasteiger partial charge in [-0.15, -0.1) is 0 Å². The van der Waals surface area contributed by atoms with E-state index in [0.29, 0.717) is 6.42 Å². The summed E-state index contributed by atoms with van der Waals surface area (Å²) in [7, 11) is 0. The molecule has 0 aliphatic rings. The highest BCUT2D eigenvalue weighted by atomic mass is 32.1. The molecule has 0 heterocycles. The molecular formula is C42H75N15O14S. The number of thiol groups is 1. The van der Waals surface area contributed by atoms with Crippen molar-refractivity contribution in [1.82, 2.24) is 42.5 Å². The first-order valence-corrected chi connectivity index (χ1v) is 23.6. The number of rotatable bonds is 35. The number of nitrogens with zero attached hydrogens (tertiary/aromatic N) is 2. The van der Waals surface area contributed by atoms with Crippen LogP contribution >= 0.6 is 12.6 Å². The Morgan fingerprint density at radius 2 is 0.889 bits per heavy atom. The molecule has 30 heteroatoms. The van der Waals surface area contributed by atoms with Crippen LogP contribution in [0.3, 0.4) is 0 Å². The summed E-state index contributed by atoms with van der Waals surface area (Å²) in [4.78, 5) is 150. The number of carboxylic acid groups (broad SMARTS) is 3. The molecule has 0 saturated heterocycles. The molecule has 0 unspecified atom stereocenters. The first-order valence-electron chi connectivity index (χ1n) is 23.0. The summed E-state index contributed by atoms with van der Waals surface area (Å²) in [6.45, 7) is 9.45. The van der Waals surface area contributed by atoms with Crippen molar-refractivity contribution in [3.63, 3.8) is 0 Å². The minimum atomic E-state index is -1.96. The Kier molecular flexibility index (Phi) is 30.3. The molecule has 0 radical (unpaired) electrons. The molecule has 0 aliphatic carbocycles. The van der Waals surface area contributed by atoms with Gasteiger partial charge in [0.15, 0.2) is 11.9 Å². The first kappa shape index (κ1) is 65.0. The quantitative estimate of drug-likeness (QED) is 0.0122. The normalized spacial score (nSPS) is 14.3. The molecule has 0 spiro atoms. The molecular weight excluding hydrogens is 971 g/mol. The topological polar surface area (TPSA) is 500 Å². The highest BCUT2D eigenvalue weighted by Gasteiger charge is 2.35. The van der Waals surface area contributed by atoms with E-state index >= 15 is 0 Å². The molecule has 0 fully saturated rings. The number of carbonyl (C=O) groups excluding carboxylic acids is 8. The second-order valence-electron chi connectivity index (χ2n) is 17.9. The zero-order valence-corrected chi connectivity index (χ0v) is 42.3. The van der Waals surface area contributed by atoms with E-state index in [4.69, 9.17) is 28.7 Å². The third-order valence-electron chi connectivity index (χ3n) is 10.1. The zero-order valence-electron chi connectivity index (χ0n) is 41.4. The van der Waals surface area contributed by atoms with Crippen molar-refractivity contribution in [3.05, 3.63) is 0 Å². The van der Waals surface area contributed by atoms with Gasteiger partial charge < -0.3 is 86.5 Å². The summed E-state index contributed by atoms with van der Waals surface area (Å²) >= 11 is 4.18. The number of aliphatic carboxylic acids is 3. The van der Waals surface area contributed by atoms with Crippen molar-refractivity contribution in [3.8, 4) is 0 Å². The summed E-state index contributed by atoms with van der Waals surface area (Å²) in [5, 5.41) is 47.3. The van der Waals surface area contributed by atoms with Crippen LogP contribution in [0.1, 0.15) is 92.9 Å². The average Bonchev–Trinajstić information content (AvgIpc) is 3.26. The fourth-order valence-electron chi connectivity index (χ4n) is 6.46. The molecule has 0 aromatic rings. The van der Waals surface area contributed by atoms with Crippen LogP contribution in [0.4, 0.5) is 0 Å². The molecule has 29 nitrogen and oxygen atoms in total. The molecule has 0 aliphatic heterocycles. The van der Waals surface area contributed by atoms with Crippen LogP contribution in [0, 0.1) is 17.8 Å². The molecule has 21 N–H and O–H groups in total. The summed E-state index contributed by atoms with van der Waals surface area (Å²) in [5.41, 5.74) is 27.5. The van der Waals surface area contributed by atoms with E-state index in [1.54, 1.807) is 27.7 Å². The number of carboxylic acids is 3. The molecule has 0 bridgehead atoms. The van der Waals surface area contributed by atoms with Crippen molar-refractivity contribution in [2.45, 2.75) is 141 Å². The van der Waals surface area contributed by atoms with Crippen molar-refractivity contribution >= 4 is 89.7 Å². The number of guanidine groups is 2. The minimum absolute atomic E-state index is 0.0197. The van der Waals surface area contributed by atoms with Crippen molar-refractivity contribution in [2.24, 2.45) is 56.4 Å². The van der Waals surface area contributed by atoms with Gasteiger partial charge in [0, 0.05) is 18.8 Å². The van der Waals surface area contributed by atoms with E-state index in [1.165, 1.54) is 13.8 Å². The van der Waals surface area contributed by atoms with Gasteiger partial charge in [0.25, 0.3) is 0 Å². The molecule has 0 aromatic heterocycles. The molecule has 0 aromatic carbocycles. The number of aliphatic imine (C=N–C) groups is 2. The number of amides is 8. The second-order valence-corrected chi connectivity index (χ2v) is 18.2. The molecule has 408 valence electrons. The Labute approximate surface area is 422 Å². The smallest absolute Gasteiger partial charge is 0.326 e. The predicted molar refractivity (Wildman–Crippen MR) is 264 cm³/mol. The maximum Gasteiger partial charge on any atom is 0.326 e. The maximum absolute atomic E-state index is 13.7. The molecule has 8 amide bonds. The SMILES string of the molecule is CC(C)C[C@H](NC(=O)[C@H](CS)NC(=O)[C@H](CCCN=C(N)N)NC(=O)CNC(=O)[C@H](CC(C)C)NC(=O)[C@@H](N)CCCN=C(N)N)C(=O)N[C@@H](CC(=O)O)C(=O)N[C@@H](CC(=O)O)C(=O)N[C@H](C(=O)O)C(C)C. The predicted octanol–water partition coefficient (Wildman–Crippen LogP) is -5.36. The molecule has 8 atom stereocenters. The fourth-order valence-corrected chi connectivity index (χ4v) is 6.72. The van der Waals surface area contributed by atoms with Crippen LogP contribution in [-0.2, 0) is 52.7 Å². The maximum atomic E-state index is 13.7. The van der Waals surface area contributed by atoms with Crippen LogP contribution in [0.5, 0.6) is 0 Å². The average molecular weight is 1050 g/mol. The lowest BCUT2D eigenvalue weighted by atomic mass is 10.0. The standard InChI is InChI=1S/C42H75N15O14S/c1-19(2)13-24(52-33(63)22(43)9-7-11-48-41(44)45)34(64)50-17-29(58)51-23(10-8-12-49-42(46)47)35(65)56-28(18-72)39(69)53-25(14-20(3)4)36(66)54-26(15-30(59)60)37(67)55-27(16-31(61)62)38(68)57-32(21(5)6)40(70)71/h19-28,32,72H,7-18,43H2,1-6H3,(H,50,64)(H,51,58)(H,52,63)(H,53,69)(H,54,66)(H,55,67)(H,56,65)(H,57,68)(H,59,60)(H,61,62)(H,70,71)(H4,44,45,48)(H4,46,47,49)/t22-,23-,24-,25-,26-,27-,28-,32-/m0/s1. The highest BCUT2D eigenvalue weighted by molar-refractivity contribution is 7.80. The monoisotopic (exact) mass is 1050 g/mol. The third kappa shape index (κ3) is 27.4. The van der Waals surface area contributed by atoms with Crippen molar-refractivity contribution in [2.75, 3.05) is 25.4 Å². The summed E-state index contributed by atoms with van der Waals surface area (Å²) in [5.74, 6) is -14.3. The van der Waals surface area contributed by atoms with Gasteiger partial charge in [-0.3, -0.25) is 57.9 Å². The van der Waals surface area contributed by atoms with Gasteiger partial charge in [-0.25, -0.2) is 4.79 Å². The number of nitrogens with one attached hydrogen (secondary N) is 8. The van der Waals surface area contributed by atoms with Gasteiger partial charge in [0.1, 0.15) is 42.3 Å². The van der Waals surface area contributed by atoms with Gasteiger partial charge in [-0.2, -0.15) is 12.6 Å². The van der Waals surface area contributed by atoms with E-state index in [2.05, 4.69) is 65.1 Å².